The molecule has 1 aliphatic rings. The Labute approximate surface area is 177 Å². The monoisotopic (exact) mass is 435 g/mol. The van der Waals surface area contributed by atoms with Crippen LogP contribution in [0.1, 0.15) is 33.6 Å². The van der Waals surface area contributed by atoms with Crippen LogP contribution in [0.5, 0.6) is 0 Å². The number of anilines is 2. The molecule has 1 aromatic carbocycles. The predicted molar refractivity (Wildman–Crippen MR) is 119 cm³/mol. The van der Waals surface area contributed by atoms with E-state index < -0.39 is 10.0 Å². The minimum absolute atomic E-state index is 0.125. The number of hydrogen-bond acceptors (Lipinski definition) is 5. The number of benzene rings is 1. The molecular formula is C21H29N3O3S2. The molecule has 2 aromatic rings. The molecule has 0 spiro atoms. The van der Waals surface area contributed by atoms with E-state index in [1.807, 2.05) is 24.3 Å². The topological polar surface area (TPSA) is 69.7 Å². The van der Waals surface area contributed by atoms with Crippen LogP contribution in [0.4, 0.5) is 11.4 Å². The normalized spacial score (nSPS) is 18.0. The van der Waals surface area contributed by atoms with Crippen molar-refractivity contribution in [2.45, 2.75) is 43.9 Å². The number of thiophene rings is 1. The predicted octanol–water partition coefficient (Wildman–Crippen LogP) is 4.02. The first-order chi connectivity index (χ1) is 13.8. The third-order valence-electron chi connectivity index (χ3n) is 5.27. The molecule has 1 unspecified atom stereocenters. The number of carbonyl (C=O) groups is 1. The minimum atomic E-state index is -3.52. The van der Waals surface area contributed by atoms with Gasteiger partial charge in [0, 0.05) is 37.1 Å². The summed E-state index contributed by atoms with van der Waals surface area (Å²) in [6.45, 7) is 8.02. The lowest BCUT2D eigenvalue weighted by molar-refractivity contribution is -0.120. The van der Waals surface area contributed by atoms with Crippen molar-refractivity contribution in [1.29, 1.82) is 0 Å². The molecule has 8 heteroatoms. The van der Waals surface area contributed by atoms with Crippen molar-refractivity contribution < 1.29 is 13.2 Å². The number of carbonyl (C=O) groups excluding carboxylic acids is 1. The average molecular weight is 436 g/mol. The third kappa shape index (κ3) is 4.99. The standard InChI is InChI=1S/C21H29N3O3S2/c1-4-24(16(2)3)19-11-9-18(10-12-19)22-21(25)17-7-5-13-23(15-17)29(26,27)20-8-6-14-28-20/h6,8-12,14,16-17H,4-5,7,13,15H2,1-3H3,(H,22,25). The van der Waals surface area contributed by atoms with Crippen molar-refractivity contribution in [3.05, 3.63) is 41.8 Å². The van der Waals surface area contributed by atoms with Crippen LogP contribution in [0.25, 0.3) is 0 Å². The molecule has 0 aliphatic carbocycles. The molecule has 0 bridgehead atoms. The molecular weight excluding hydrogens is 406 g/mol. The fourth-order valence-electron chi connectivity index (χ4n) is 3.74. The van der Waals surface area contributed by atoms with Gasteiger partial charge in [-0.05, 0) is 69.3 Å². The highest BCUT2D eigenvalue weighted by Crippen LogP contribution is 2.27. The van der Waals surface area contributed by atoms with Crippen LogP contribution >= 0.6 is 11.3 Å². The van der Waals surface area contributed by atoms with Gasteiger partial charge in [-0.1, -0.05) is 6.07 Å². The molecule has 158 valence electrons. The summed E-state index contributed by atoms with van der Waals surface area (Å²) in [5.74, 6) is -0.471. The van der Waals surface area contributed by atoms with Crippen molar-refractivity contribution in [2.75, 3.05) is 29.9 Å². The summed E-state index contributed by atoms with van der Waals surface area (Å²) >= 11 is 1.21. The molecule has 29 heavy (non-hydrogen) atoms. The van der Waals surface area contributed by atoms with E-state index in [9.17, 15) is 13.2 Å². The summed E-state index contributed by atoms with van der Waals surface area (Å²) in [5, 5.41) is 4.71. The van der Waals surface area contributed by atoms with Crippen LogP contribution in [-0.2, 0) is 14.8 Å². The molecule has 1 aromatic heterocycles. The van der Waals surface area contributed by atoms with Crippen LogP contribution in [0.2, 0.25) is 0 Å². The maximum absolute atomic E-state index is 12.8. The van der Waals surface area contributed by atoms with Gasteiger partial charge in [0.15, 0.2) is 0 Å². The van der Waals surface area contributed by atoms with Crippen molar-refractivity contribution >= 4 is 38.6 Å². The van der Waals surface area contributed by atoms with Gasteiger partial charge in [-0.2, -0.15) is 4.31 Å². The average Bonchev–Trinajstić information content (AvgIpc) is 3.25. The van der Waals surface area contributed by atoms with Gasteiger partial charge >= 0.3 is 0 Å². The highest BCUT2D eigenvalue weighted by Gasteiger charge is 2.33. The first kappa shape index (κ1) is 21.8. The number of hydrogen-bond donors (Lipinski definition) is 1. The van der Waals surface area contributed by atoms with Crippen LogP contribution in [0, 0.1) is 5.92 Å². The molecule has 1 N–H and O–H groups in total. The zero-order chi connectivity index (χ0) is 21.0. The summed E-state index contributed by atoms with van der Waals surface area (Å²) in [6, 6.07) is 11.6. The molecule has 1 atom stereocenters. The number of sulfonamides is 1. The quantitative estimate of drug-likeness (QED) is 0.713. The number of amides is 1. The third-order valence-corrected chi connectivity index (χ3v) is 8.51. The number of piperidine rings is 1. The minimum Gasteiger partial charge on any atom is -0.369 e. The second kappa shape index (κ2) is 9.28. The first-order valence-corrected chi connectivity index (χ1v) is 12.4. The van der Waals surface area contributed by atoms with Crippen LogP contribution in [-0.4, -0.2) is 44.3 Å². The Morgan fingerprint density at radius 3 is 2.59 bits per heavy atom. The Morgan fingerprint density at radius 2 is 2.00 bits per heavy atom. The van der Waals surface area contributed by atoms with Gasteiger partial charge in [0.1, 0.15) is 4.21 Å². The highest BCUT2D eigenvalue weighted by atomic mass is 32.2. The van der Waals surface area contributed by atoms with E-state index in [2.05, 4.69) is 31.0 Å². The van der Waals surface area contributed by atoms with Gasteiger partial charge in [0.25, 0.3) is 10.0 Å². The largest absolute Gasteiger partial charge is 0.369 e. The first-order valence-electron chi connectivity index (χ1n) is 10.0. The Balaban J connectivity index is 1.65. The van der Waals surface area contributed by atoms with E-state index in [0.717, 1.165) is 17.9 Å². The Morgan fingerprint density at radius 1 is 1.28 bits per heavy atom. The zero-order valence-corrected chi connectivity index (χ0v) is 18.8. The summed E-state index contributed by atoms with van der Waals surface area (Å²) in [4.78, 5) is 15.0. The van der Waals surface area contributed by atoms with Gasteiger partial charge in [-0.15, -0.1) is 11.3 Å². The van der Waals surface area contributed by atoms with Gasteiger partial charge in [0.05, 0.1) is 5.92 Å². The molecule has 6 nitrogen and oxygen atoms in total. The summed E-state index contributed by atoms with van der Waals surface area (Å²) < 4.78 is 27.3. The summed E-state index contributed by atoms with van der Waals surface area (Å²) in [5.41, 5.74) is 1.85. The van der Waals surface area contributed by atoms with Crippen molar-refractivity contribution in [3.8, 4) is 0 Å². The second-order valence-electron chi connectivity index (χ2n) is 7.55. The Bertz CT molecular complexity index is 909. The van der Waals surface area contributed by atoms with E-state index in [1.165, 1.54) is 15.6 Å². The Kier molecular flexibility index (Phi) is 6.97. The van der Waals surface area contributed by atoms with Crippen LogP contribution < -0.4 is 10.2 Å². The molecule has 2 heterocycles. The summed E-state index contributed by atoms with van der Waals surface area (Å²) in [7, 11) is -3.52. The number of nitrogens with one attached hydrogen (secondary N) is 1. The number of nitrogens with zero attached hydrogens (tertiary/aromatic N) is 2. The molecule has 1 aliphatic heterocycles. The van der Waals surface area contributed by atoms with Gasteiger partial charge in [0.2, 0.25) is 5.91 Å². The fourth-order valence-corrected chi connectivity index (χ4v) is 6.41. The second-order valence-corrected chi connectivity index (χ2v) is 10.7. The molecule has 3 rings (SSSR count). The van der Waals surface area contributed by atoms with Gasteiger partial charge in [-0.3, -0.25) is 4.79 Å². The lowest BCUT2D eigenvalue weighted by Gasteiger charge is -2.31. The van der Waals surface area contributed by atoms with Crippen molar-refractivity contribution in [3.63, 3.8) is 0 Å². The zero-order valence-electron chi connectivity index (χ0n) is 17.2. The van der Waals surface area contributed by atoms with E-state index >= 15 is 0 Å². The smallest absolute Gasteiger partial charge is 0.252 e. The van der Waals surface area contributed by atoms with E-state index in [0.29, 0.717) is 29.6 Å². The fraction of sp³-hybridized carbons (Fsp3) is 0.476. The highest BCUT2D eigenvalue weighted by molar-refractivity contribution is 7.91. The lowest BCUT2D eigenvalue weighted by Crippen LogP contribution is -2.43. The van der Waals surface area contributed by atoms with E-state index in [1.54, 1.807) is 17.5 Å². The summed E-state index contributed by atoms with van der Waals surface area (Å²) in [6.07, 6.45) is 1.37. The molecule has 0 radical (unpaired) electrons. The van der Waals surface area contributed by atoms with Gasteiger partial charge in [-0.25, -0.2) is 8.42 Å². The lowest BCUT2D eigenvalue weighted by atomic mass is 9.98. The number of rotatable bonds is 7. The van der Waals surface area contributed by atoms with Crippen molar-refractivity contribution in [2.24, 2.45) is 5.92 Å². The van der Waals surface area contributed by atoms with Crippen molar-refractivity contribution in [1.82, 2.24) is 4.31 Å². The van der Waals surface area contributed by atoms with E-state index in [4.69, 9.17) is 0 Å². The Hall–Kier alpha value is -1.90. The van der Waals surface area contributed by atoms with Gasteiger partial charge < -0.3 is 10.2 Å². The molecule has 1 saturated heterocycles. The SMILES string of the molecule is CCN(c1ccc(NC(=O)C2CCCN(S(=O)(=O)c3cccs3)C2)cc1)C(C)C. The van der Waals surface area contributed by atoms with Crippen LogP contribution in [0.15, 0.2) is 46.0 Å². The van der Waals surface area contributed by atoms with Crippen LogP contribution in [0.3, 0.4) is 0 Å². The molecule has 1 amide bonds. The maximum atomic E-state index is 12.8. The molecule has 1 fully saturated rings. The maximum Gasteiger partial charge on any atom is 0.252 e. The van der Waals surface area contributed by atoms with E-state index in [-0.39, 0.29) is 18.4 Å². The molecule has 0 saturated carbocycles.